The van der Waals surface area contributed by atoms with Gasteiger partial charge in [-0.3, -0.25) is 0 Å². The summed E-state index contributed by atoms with van der Waals surface area (Å²) in [6.45, 7) is -0.0173. The first-order chi connectivity index (χ1) is 32.8. The number of para-hydroxylation sites is 5. The van der Waals surface area contributed by atoms with Crippen LogP contribution in [0.5, 0.6) is 0 Å². The fraction of sp³-hybridized carbons (Fsp3) is 0.0164. The molecule has 0 atom stereocenters. The van der Waals surface area contributed by atoms with E-state index in [1.165, 1.54) is 87.5 Å². The molecule has 0 saturated carbocycles. The lowest BCUT2D eigenvalue weighted by Gasteiger charge is -2.51. The van der Waals surface area contributed by atoms with Crippen LogP contribution in [-0.2, 0) is 6.42 Å². The topological polar surface area (TPSA) is 9.72 Å². The summed E-state index contributed by atoms with van der Waals surface area (Å²) in [6.07, 6.45) is 5.54. The van der Waals surface area contributed by atoms with Crippen molar-refractivity contribution in [3.05, 3.63) is 248 Å². The predicted octanol–water partition coefficient (Wildman–Crippen LogP) is 10.7. The van der Waals surface area contributed by atoms with E-state index in [9.17, 15) is 0 Å². The molecule has 5 heteroatoms. The van der Waals surface area contributed by atoms with Gasteiger partial charge < -0.3 is 14.7 Å². The first-order valence-corrected chi connectivity index (χ1v) is 25.1. The number of nitrogens with zero attached hydrogens (tertiary/aromatic N) is 3. The Hall–Kier alpha value is -8.12. The molecule has 0 unspecified atom stereocenters. The Morgan fingerprint density at radius 3 is 1.64 bits per heavy atom. The van der Waals surface area contributed by atoms with Crippen LogP contribution in [0, 0.1) is 0 Å². The number of benzene rings is 10. The summed E-state index contributed by atoms with van der Waals surface area (Å²) in [6, 6.07) is 87.2. The van der Waals surface area contributed by atoms with Crippen LogP contribution in [-0.4, -0.2) is 14.8 Å². The lowest BCUT2D eigenvalue weighted by Crippen LogP contribution is -2.87. The standard InChI is InChI=1S/C61H42BN3Si/c1-5-24-44(25-6-1)63-52-35-15-13-33-49(52)62-50-34-14-18-38-56(50)66(46-28-9-3-10-29-46,47-30-11-4-12-31-47)57-41-55-60(61(63)59(57)62)64(45-26-7-2-8-27-45)53-36-16-17-37-54(53)65(55)51-40-39-43-22-19-21-42-23-20-32-48(51)58(42)43/h1-20,22-41H,21H2. The highest BCUT2D eigenvalue weighted by molar-refractivity contribution is 7.26. The minimum atomic E-state index is -3.12. The summed E-state index contributed by atoms with van der Waals surface area (Å²) in [5.74, 6) is 0. The average molecular weight is 856 g/mol. The van der Waals surface area contributed by atoms with E-state index in [1.54, 1.807) is 0 Å². The van der Waals surface area contributed by atoms with Crippen LogP contribution in [0.25, 0.3) is 16.8 Å². The van der Waals surface area contributed by atoms with Crippen molar-refractivity contribution in [1.82, 2.24) is 0 Å². The minimum Gasteiger partial charge on any atom is -0.309 e. The van der Waals surface area contributed by atoms with E-state index in [1.807, 2.05) is 0 Å². The summed E-state index contributed by atoms with van der Waals surface area (Å²) in [5.41, 5.74) is 17.2. The maximum Gasteiger partial charge on any atom is 0.246 e. The second-order valence-corrected chi connectivity index (χ2v) is 21.6. The maximum absolute atomic E-state index is 3.12. The zero-order valence-electron chi connectivity index (χ0n) is 36.2. The second kappa shape index (κ2) is 14.4. The maximum atomic E-state index is 2.67. The summed E-state index contributed by atoms with van der Waals surface area (Å²) in [7, 11) is -3.12. The molecule has 3 nitrogen and oxygen atoms in total. The smallest absolute Gasteiger partial charge is 0.246 e. The van der Waals surface area contributed by atoms with Crippen molar-refractivity contribution in [3.8, 4) is 0 Å². The van der Waals surface area contributed by atoms with Gasteiger partial charge in [-0.15, -0.1) is 0 Å². The van der Waals surface area contributed by atoms with Crippen molar-refractivity contribution in [2.24, 2.45) is 0 Å². The van der Waals surface area contributed by atoms with Gasteiger partial charge in [-0.2, -0.15) is 0 Å². The fourth-order valence-corrected chi connectivity index (χ4v) is 17.4. The number of rotatable bonds is 5. The van der Waals surface area contributed by atoms with Crippen LogP contribution >= 0.6 is 0 Å². The highest BCUT2D eigenvalue weighted by Crippen LogP contribution is 2.59. The molecule has 0 fully saturated rings. The van der Waals surface area contributed by atoms with Crippen molar-refractivity contribution >= 4 is 120 Å². The molecule has 0 N–H and O–H groups in total. The molecule has 0 aromatic heterocycles. The van der Waals surface area contributed by atoms with Gasteiger partial charge in [0.25, 0.3) is 0 Å². The minimum absolute atomic E-state index is 0.0173. The fourth-order valence-electron chi connectivity index (χ4n) is 12.2. The third kappa shape index (κ3) is 5.09. The van der Waals surface area contributed by atoms with Crippen LogP contribution in [0.1, 0.15) is 11.1 Å². The third-order valence-electron chi connectivity index (χ3n) is 14.7. The lowest BCUT2D eigenvalue weighted by molar-refractivity contribution is 1.16. The van der Waals surface area contributed by atoms with E-state index in [0.717, 1.165) is 29.2 Å². The molecule has 10 aromatic carbocycles. The van der Waals surface area contributed by atoms with E-state index in [0.29, 0.717) is 0 Å². The van der Waals surface area contributed by atoms with Crippen LogP contribution < -0.4 is 51.8 Å². The normalized spacial score (nSPS) is 14.5. The summed E-state index contributed by atoms with van der Waals surface area (Å²) in [4.78, 5) is 7.80. The Balaban J connectivity index is 1.24. The molecule has 0 spiro atoms. The first kappa shape index (κ1) is 37.3. The zero-order chi connectivity index (χ0) is 43.3. The van der Waals surface area contributed by atoms with E-state index < -0.39 is 8.07 Å². The summed E-state index contributed by atoms with van der Waals surface area (Å²) >= 11 is 0. The quantitative estimate of drug-likeness (QED) is 0.160. The molecule has 0 saturated heterocycles. The molecular weight excluding hydrogens is 814 g/mol. The van der Waals surface area contributed by atoms with Crippen molar-refractivity contribution in [2.45, 2.75) is 6.42 Å². The zero-order valence-corrected chi connectivity index (χ0v) is 37.2. The molecule has 308 valence electrons. The lowest BCUT2D eigenvalue weighted by atomic mass is 9.34. The van der Waals surface area contributed by atoms with E-state index in [-0.39, 0.29) is 6.71 Å². The highest BCUT2D eigenvalue weighted by atomic mass is 28.3. The Morgan fingerprint density at radius 2 is 0.955 bits per heavy atom. The van der Waals surface area contributed by atoms with Gasteiger partial charge >= 0.3 is 0 Å². The number of hydrogen-bond donors (Lipinski definition) is 0. The monoisotopic (exact) mass is 855 g/mol. The molecule has 3 aliphatic heterocycles. The van der Waals surface area contributed by atoms with Gasteiger partial charge in [0.15, 0.2) is 8.07 Å². The molecule has 0 amide bonds. The van der Waals surface area contributed by atoms with Crippen LogP contribution in [0.2, 0.25) is 0 Å². The molecule has 14 rings (SSSR count). The Kier molecular flexibility index (Phi) is 8.16. The number of allylic oxidation sites excluding steroid dienone is 1. The molecule has 10 aromatic rings. The van der Waals surface area contributed by atoms with Crippen LogP contribution in [0.3, 0.4) is 0 Å². The van der Waals surface area contributed by atoms with Gasteiger partial charge in [0, 0.05) is 22.4 Å². The van der Waals surface area contributed by atoms with Gasteiger partial charge in [0.1, 0.15) is 0 Å². The number of anilines is 9. The Labute approximate surface area is 386 Å². The molecule has 4 aliphatic rings. The van der Waals surface area contributed by atoms with Gasteiger partial charge in [0.05, 0.1) is 34.1 Å². The second-order valence-electron chi connectivity index (χ2n) is 17.9. The Morgan fingerprint density at radius 1 is 0.394 bits per heavy atom. The molecular formula is C61H42BN3Si. The largest absolute Gasteiger partial charge is 0.309 e. The SMILES string of the molecule is C1=Cc2ccc(N3c4ccccc4N(c4ccccc4)c4c3cc3c5c4N(c4ccccc4)c4ccccc4B5c4ccccc4[Si]3(c3ccccc3)c3ccccc3)c3cccc(c23)C1. The molecule has 66 heavy (non-hydrogen) atoms. The van der Waals surface area contributed by atoms with Crippen LogP contribution in [0.4, 0.5) is 51.2 Å². The predicted molar refractivity (Wildman–Crippen MR) is 283 cm³/mol. The van der Waals surface area contributed by atoms with Crippen molar-refractivity contribution in [2.75, 3.05) is 14.7 Å². The summed E-state index contributed by atoms with van der Waals surface area (Å²) in [5, 5.41) is 8.24. The first-order valence-electron chi connectivity index (χ1n) is 23.1. The van der Waals surface area contributed by atoms with Gasteiger partial charge in [0.2, 0.25) is 6.71 Å². The molecule has 1 aliphatic carbocycles. The van der Waals surface area contributed by atoms with Crippen molar-refractivity contribution in [1.29, 1.82) is 0 Å². The highest BCUT2D eigenvalue weighted by Gasteiger charge is 2.55. The molecule has 3 heterocycles. The van der Waals surface area contributed by atoms with Gasteiger partial charge in [-0.1, -0.05) is 194 Å². The van der Waals surface area contributed by atoms with E-state index in [4.69, 9.17) is 0 Å². The number of fused-ring (bicyclic) bond motifs is 7. The van der Waals surface area contributed by atoms with E-state index in [2.05, 4.69) is 257 Å². The number of hydrogen-bond acceptors (Lipinski definition) is 3. The molecule has 0 bridgehead atoms. The Bertz CT molecular complexity index is 3550. The van der Waals surface area contributed by atoms with Gasteiger partial charge in [-0.25, -0.2) is 0 Å². The van der Waals surface area contributed by atoms with E-state index >= 15 is 0 Å². The average Bonchev–Trinajstić information content (AvgIpc) is 3.39. The summed E-state index contributed by atoms with van der Waals surface area (Å²) < 4.78 is 0. The van der Waals surface area contributed by atoms with Crippen LogP contribution in [0.15, 0.2) is 237 Å². The van der Waals surface area contributed by atoms with Crippen molar-refractivity contribution < 1.29 is 0 Å². The van der Waals surface area contributed by atoms with Crippen molar-refractivity contribution in [3.63, 3.8) is 0 Å². The van der Waals surface area contributed by atoms with Gasteiger partial charge in [-0.05, 0) is 109 Å². The molecule has 0 radical (unpaired) electrons. The third-order valence-corrected chi connectivity index (χ3v) is 19.5.